The summed E-state index contributed by atoms with van der Waals surface area (Å²) in [7, 11) is 0. The van der Waals surface area contributed by atoms with Crippen molar-refractivity contribution in [1.82, 2.24) is 9.97 Å². The summed E-state index contributed by atoms with van der Waals surface area (Å²) in [5.74, 6) is -2.39. The van der Waals surface area contributed by atoms with E-state index in [1.54, 1.807) is 0 Å². The Morgan fingerprint density at radius 1 is 1.05 bits per heavy atom. The molecular weight excluding hydrogens is 253 g/mol. The average Bonchev–Trinajstić information content (AvgIpc) is 2.39. The third-order valence-corrected chi connectivity index (χ3v) is 2.21. The van der Waals surface area contributed by atoms with Crippen LogP contribution in [0.25, 0.3) is 0 Å². The lowest BCUT2D eigenvalue weighted by molar-refractivity contribution is 0.0696. The molecular formula is C12H8FN3O3. The number of pyridine rings is 2. The van der Waals surface area contributed by atoms with Gasteiger partial charge in [-0.05, 0) is 12.1 Å². The van der Waals surface area contributed by atoms with E-state index in [1.807, 2.05) is 0 Å². The van der Waals surface area contributed by atoms with Crippen molar-refractivity contribution in [3.63, 3.8) is 0 Å². The van der Waals surface area contributed by atoms with Crippen LogP contribution in [-0.2, 0) is 0 Å². The van der Waals surface area contributed by atoms with Gasteiger partial charge < -0.3 is 10.4 Å². The molecule has 0 aliphatic heterocycles. The zero-order valence-electron chi connectivity index (χ0n) is 9.50. The van der Waals surface area contributed by atoms with Gasteiger partial charge in [0, 0.05) is 12.4 Å². The number of amides is 1. The molecule has 0 atom stereocenters. The topological polar surface area (TPSA) is 92.2 Å². The molecule has 0 aliphatic carbocycles. The van der Waals surface area contributed by atoms with E-state index in [0.29, 0.717) is 0 Å². The predicted molar refractivity (Wildman–Crippen MR) is 63.3 cm³/mol. The maximum absolute atomic E-state index is 12.9. The summed E-state index contributed by atoms with van der Waals surface area (Å²) in [6.07, 6.45) is 4.62. The minimum atomic E-state index is -1.16. The standard InChI is InChI=1S/C12H8FN3O3/c13-9-1-7(3-14-5-9)11(17)16-10-2-8(12(18)19)4-15-6-10/h1-6H,(H,16,17)(H,18,19). The average molecular weight is 261 g/mol. The number of nitrogens with zero attached hydrogens (tertiary/aromatic N) is 2. The van der Waals surface area contributed by atoms with Crippen LogP contribution < -0.4 is 5.32 Å². The van der Waals surface area contributed by atoms with Crippen molar-refractivity contribution >= 4 is 17.6 Å². The van der Waals surface area contributed by atoms with Crippen molar-refractivity contribution in [2.75, 3.05) is 5.32 Å². The Morgan fingerprint density at radius 3 is 2.42 bits per heavy atom. The van der Waals surface area contributed by atoms with Gasteiger partial charge in [0.15, 0.2) is 0 Å². The minimum Gasteiger partial charge on any atom is -0.478 e. The Balaban J connectivity index is 2.19. The molecule has 1 amide bonds. The molecule has 2 aromatic rings. The SMILES string of the molecule is O=C(O)c1cncc(NC(=O)c2cncc(F)c2)c1. The number of hydrogen-bond acceptors (Lipinski definition) is 4. The normalized spacial score (nSPS) is 9.95. The van der Waals surface area contributed by atoms with Crippen LogP contribution in [0.15, 0.2) is 36.9 Å². The first-order chi connectivity index (χ1) is 9.06. The van der Waals surface area contributed by atoms with Crippen LogP contribution >= 0.6 is 0 Å². The van der Waals surface area contributed by atoms with E-state index in [0.717, 1.165) is 18.5 Å². The van der Waals surface area contributed by atoms with Gasteiger partial charge >= 0.3 is 5.97 Å². The molecule has 0 saturated heterocycles. The second kappa shape index (κ2) is 5.21. The molecule has 0 radical (unpaired) electrons. The first-order valence-corrected chi connectivity index (χ1v) is 5.16. The van der Waals surface area contributed by atoms with Gasteiger partial charge in [-0.15, -0.1) is 0 Å². The Kier molecular flexibility index (Phi) is 3.46. The summed E-state index contributed by atoms with van der Waals surface area (Å²) < 4.78 is 12.9. The number of carbonyl (C=O) groups is 2. The van der Waals surface area contributed by atoms with E-state index in [-0.39, 0.29) is 16.8 Å². The van der Waals surface area contributed by atoms with Crippen molar-refractivity contribution < 1.29 is 19.1 Å². The van der Waals surface area contributed by atoms with E-state index in [4.69, 9.17) is 5.11 Å². The van der Waals surface area contributed by atoms with Crippen LogP contribution in [0.3, 0.4) is 0 Å². The Morgan fingerprint density at radius 2 is 1.74 bits per heavy atom. The maximum atomic E-state index is 12.9. The second-order valence-electron chi connectivity index (χ2n) is 3.61. The lowest BCUT2D eigenvalue weighted by Crippen LogP contribution is -2.13. The molecule has 96 valence electrons. The summed E-state index contributed by atoms with van der Waals surface area (Å²) in [6, 6.07) is 2.27. The molecule has 0 saturated carbocycles. The Bertz CT molecular complexity index is 646. The van der Waals surface area contributed by atoms with E-state index in [1.165, 1.54) is 18.5 Å². The quantitative estimate of drug-likeness (QED) is 0.874. The molecule has 0 bridgehead atoms. The Hall–Kier alpha value is -2.83. The summed E-state index contributed by atoms with van der Waals surface area (Å²) >= 11 is 0. The smallest absolute Gasteiger partial charge is 0.337 e. The number of carboxylic acid groups (broad SMARTS) is 1. The summed E-state index contributed by atoms with van der Waals surface area (Å²) in [5.41, 5.74) is 0.171. The van der Waals surface area contributed by atoms with Crippen LogP contribution in [0.1, 0.15) is 20.7 Å². The summed E-state index contributed by atoms with van der Waals surface area (Å²) in [5, 5.41) is 11.2. The van der Waals surface area contributed by atoms with Gasteiger partial charge in [-0.25, -0.2) is 9.18 Å². The van der Waals surface area contributed by atoms with Gasteiger partial charge in [-0.2, -0.15) is 0 Å². The number of carbonyl (C=O) groups excluding carboxylic acids is 1. The third-order valence-electron chi connectivity index (χ3n) is 2.21. The van der Waals surface area contributed by atoms with Crippen molar-refractivity contribution in [2.45, 2.75) is 0 Å². The zero-order chi connectivity index (χ0) is 13.8. The van der Waals surface area contributed by atoms with Crippen molar-refractivity contribution in [1.29, 1.82) is 0 Å². The van der Waals surface area contributed by atoms with Crippen molar-refractivity contribution in [3.8, 4) is 0 Å². The van der Waals surface area contributed by atoms with Gasteiger partial charge in [0.05, 0.1) is 29.2 Å². The maximum Gasteiger partial charge on any atom is 0.337 e. The van der Waals surface area contributed by atoms with E-state index in [2.05, 4.69) is 15.3 Å². The van der Waals surface area contributed by atoms with E-state index < -0.39 is 17.7 Å². The predicted octanol–water partition coefficient (Wildman–Crippen LogP) is 1.57. The lowest BCUT2D eigenvalue weighted by Gasteiger charge is -2.05. The summed E-state index contributed by atoms with van der Waals surface area (Å²) in [4.78, 5) is 29.7. The van der Waals surface area contributed by atoms with Crippen LogP contribution in [0.2, 0.25) is 0 Å². The third kappa shape index (κ3) is 3.09. The first-order valence-electron chi connectivity index (χ1n) is 5.16. The minimum absolute atomic E-state index is 0.0285. The number of nitrogens with one attached hydrogen (secondary N) is 1. The monoisotopic (exact) mass is 261 g/mol. The molecule has 0 unspecified atom stereocenters. The molecule has 7 heteroatoms. The molecule has 19 heavy (non-hydrogen) atoms. The molecule has 2 N–H and O–H groups in total. The fourth-order valence-corrected chi connectivity index (χ4v) is 1.36. The molecule has 6 nitrogen and oxygen atoms in total. The second-order valence-corrected chi connectivity index (χ2v) is 3.61. The number of halogens is 1. The number of carboxylic acids is 1. The molecule has 0 fully saturated rings. The fraction of sp³-hybridized carbons (Fsp3) is 0. The van der Waals surface area contributed by atoms with Crippen LogP contribution in [-0.4, -0.2) is 27.0 Å². The largest absolute Gasteiger partial charge is 0.478 e. The number of aromatic carboxylic acids is 1. The van der Waals surface area contributed by atoms with E-state index in [9.17, 15) is 14.0 Å². The van der Waals surface area contributed by atoms with Crippen molar-refractivity contribution in [2.24, 2.45) is 0 Å². The molecule has 0 aromatic carbocycles. The lowest BCUT2D eigenvalue weighted by atomic mass is 10.2. The van der Waals surface area contributed by atoms with Gasteiger partial charge in [-0.3, -0.25) is 14.8 Å². The highest BCUT2D eigenvalue weighted by Gasteiger charge is 2.10. The van der Waals surface area contributed by atoms with Gasteiger partial charge in [0.2, 0.25) is 0 Å². The zero-order valence-corrected chi connectivity index (χ0v) is 9.50. The molecule has 0 spiro atoms. The number of rotatable bonds is 3. The van der Waals surface area contributed by atoms with Crippen LogP contribution in [0.5, 0.6) is 0 Å². The van der Waals surface area contributed by atoms with Crippen LogP contribution in [0, 0.1) is 5.82 Å². The first kappa shape index (κ1) is 12.6. The molecule has 0 aliphatic rings. The highest BCUT2D eigenvalue weighted by molar-refractivity contribution is 6.04. The highest BCUT2D eigenvalue weighted by atomic mass is 19.1. The Labute approximate surface area is 106 Å². The highest BCUT2D eigenvalue weighted by Crippen LogP contribution is 2.10. The van der Waals surface area contributed by atoms with Gasteiger partial charge in [0.25, 0.3) is 5.91 Å². The van der Waals surface area contributed by atoms with E-state index >= 15 is 0 Å². The molecule has 2 aromatic heterocycles. The molecule has 2 heterocycles. The van der Waals surface area contributed by atoms with Crippen molar-refractivity contribution in [3.05, 3.63) is 53.9 Å². The molecule has 2 rings (SSSR count). The fourth-order valence-electron chi connectivity index (χ4n) is 1.36. The number of anilines is 1. The summed E-state index contributed by atoms with van der Waals surface area (Å²) in [6.45, 7) is 0. The van der Waals surface area contributed by atoms with Gasteiger partial charge in [0.1, 0.15) is 5.82 Å². The van der Waals surface area contributed by atoms with Crippen LogP contribution in [0.4, 0.5) is 10.1 Å². The number of aromatic nitrogens is 2. The van der Waals surface area contributed by atoms with Gasteiger partial charge in [-0.1, -0.05) is 0 Å². The number of hydrogen-bond donors (Lipinski definition) is 2.